The smallest absolute Gasteiger partial charge is 0.238 e. The molecule has 1 N–H and O–H groups in total. The van der Waals surface area contributed by atoms with Gasteiger partial charge in [-0.25, -0.2) is 0 Å². The average molecular weight is 272 g/mol. The maximum Gasteiger partial charge on any atom is 0.238 e. The Morgan fingerprint density at radius 2 is 1.95 bits per heavy atom. The van der Waals surface area contributed by atoms with Gasteiger partial charge in [0.05, 0.1) is 6.54 Å². The molecule has 0 atom stereocenters. The van der Waals surface area contributed by atoms with E-state index < -0.39 is 0 Å². The number of hydrogen-bond donors (Lipinski definition) is 1. The third kappa shape index (κ3) is 4.67. The number of para-hydroxylation sites is 1. The molecule has 0 radical (unpaired) electrons. The lowest BCUT2D eigenvalue weighted by atomic mass is 10.1. The summed E-state index contributed by atoms with van der Waals surface area (Å²) in [4.78, 5) is 14.2. The molecule has 0 fully saturated rings. The van der Waals surface area contributed by atoms with Crippen molar-refractivity contribution in [1.29, 1.82) is 0 Å². The summed E-state index contributed by atoms with van der Waals surface area (Å²) in [5.74, 6) is -0.00213. The number of benzene rings is 1. The van der Waals surface area contributed by atoms with Crippen LogP contribution in [0.3, 0.4) is 0 Å². The first-order valence-electron chi connectivity index (χ1n) is 6.94. The predicted octanol–water partition coefficient (Wildman–Crippen LogP) is 3.17. The van der Waals surface area contributed by atoms with Crippen LogP contribution in [0.1, 0.15) is 18.1 Å². The summed E-state index contributed by atoms with van der Waals surface area (Å²) in [7, 11) is 0. The van der Waals surface area contributed by atoms with Crippen LogP contribution in [-0.4, -0.2) is 30.4 Å². The Bertz CT molecular complexity index is 470. The number of carbonyl (C=O) groups is 1. The number of nitrogens with one attached hydrogen (secondary N) is 1. The molecule has 3 heteroatoms. The van der Waals surface area contributed by atoms with Crippen LogP contribution in [0.4, 0.5) is 5.69 Å². The highest BCUT2D eigenvalue weighted by Gasteiger charge is 2.11. The Labute approximate surface area is 122 Å². The maximum atomic E-state index is 12.2. The summed E-state index contributed by atoms with van der Waals surface area (Å²) in [5, 5.41) is 3.03. The molecule has 0 saturated heterocycles. The zero-order valence-corrected chi connectivity index (χ0v) is 12.5. The molecule has 1 rings (SSSR count). The van der Waals surface area contributed by atoms with Crippen molar-refractivity contribution in [2.75, 3.05) is 25.0 Å². The van der Waals surface area contributed by atoms with Crippen LogP contribution in [0, 0.1) is 6.92 Å². The van der Waals surface area contributed by atoms with Crippen LogP contribution in [-0.2, 0) is 11.2 Å². The Kier molecular flexibility index (Phi) is 6.74. The van der Waals surface area contributed by atoms with E-state index in [1.807, 2.05) is 30.0 Å². The van der Waals surface area contributed by atoms with Crippen molar-refractivity contribution in [3.63, 3.8) is 0 Å². The molecule has 0 aliphatic rings. The van der Waals surface area contributed by atoms with E-state index in [4.69, 9.17) is 0 Å². The predicted molar refractivity (Wildman–Crippen MR) is 86.0 cm³/mol. The van der Waals surface area contributed by atoms with Gasteiger partial charge in [0.1, 0.15) is 0 Å². The first-order chi connectivity index (χ1) is 9.62. The van der Waals surface area contributed by atoms with E-state index in [0.29, 0.717) is 19.6 Å². The molecule has 20 heavy (non-hydrogen) atoms. The number of anilines is 1. The Morgan fingerprint density at radius 3 is 2.50 bits per heavy atom. The quantitative estimate of drug-likeness (QED) is 0.737. The fraction of sp³-hybridized carbons (Fsp3) is 0.353. The molecule has 108 valence electrons. The van der Waals surface area contributed by atoms with Crippen LogP contribution in [0.15, 0.2) is 43.5 Å². The van der Waals surface area contributed by atoms with Gasteiger partial charge < -0.3 is 5.32 Å². The molecule has 1 amide bonds. The van der Waals surface area contributed by atoms with Gasteiger partial charge in [-0.1, -0.05) is 37.3 Å². The number of carbonyl (C=O) groups excluding carboxylic acids is 1. The van der Waals surface area contributed by atoms with Gasteiger partial charge in [0.2, 0.25) is 5.91 Å². The molecular weight excluding hydrogens is 248 g/mol. The molecule has 1 aromatic rings. The Hall–Kier alpha value is -1.87. The normalized spacial score (nSPS) is 10.3. The molecule has 1 aromatic carbocycles. The van der Waals surface area contributed by atoms with E-state index in [1.54, 1.807) is 12.2 Å². The van der Waals surface area contributed by atoms with Gasteiger partial charge in [-0.3, -0.25) is 9.69 Å². The second-order valence-electron chi connectivity index (χ2n) is 4.78. The number of hydrogen-bond acceptors (Lipinski definition) is 2. The molecule has 0 heterocycles. The van der Waals surface area contributed by atoms with Gasteiger partial charge in [0, 0.05) is 18.8 Å². The van der Waals surface area contributed by atoms with Crippen molar-refractivity contribution in [2.45, 2.75) is 20.3 Å². The molecule has 0 unspecified atom stereocenters. The van der Waals surface area contributed by atoms with E-state index in [-0.39, 0.29) is 5.91 Å². The standard InChI is InChI=1S/C17H24N2O/c1-5-11-19(12-6-2)13-16(20)18-17-14(4)9-8-10-15(17)7-3/h5-6,8-10H,1-2,7,11-13H2,3-4H3,(H,18,20). The number of rotatable bonds is 8. The first kappa shape index (κ1) is 16.2. The van der Waals surface area contributed by atoms with Gasteiger partial charge in [-0.2, -0.15) is 0 Å². The number of aryl methyl sites for hydroxylation is 2. The SMILES string of the molecule is C=CCN(CC=C)CC(=O)Nc1c(C)cccc1CC. The van der Waals surface area contributed by atoms with Gasteiger partial charge in [0.15, 0.2) is 0 Å². The van der Waals surface area contributed by atoms with Crippen molar-refractivity contribution in [2.24, 2.45) is 0 Å². The second-order valence-corrected chi connectivity index (χ2v) is 4.78. The lowest BCUT2D eigenvalue weighted by Crippen LogP contribution is -2.33. The highest BCUT2D eigenvalue weighted by molar-refractivity contribution is 5.93. The summed E-state index contributed by atoms with van der Waals surface area (Å²) in [6.45, 7) is 13.2. The van der Waals surface area contributed by atoms with Crippen LogP contribution in [0.2, 0.25) is 0 Å². The lowest BCUT2D eigenvalue weighted by molar-refractivity contribution is -0.117. The zero-order valence-electron chi connectivity index (χ0n) is 12.5. The van der Waals surface area contributed by atoms with Crippen LogP contribution in [0.5, 0.6) is 0 Å². The van der Waals surface area contributed by atoms with E-state index in [0.717, 1.165) is 23.2 Å². The largest absolute Gasteiger partial charge is 0.324 e. The Morgan fingerprint density at radius 1 is 1.30 bits per heavy atom. The van der Waals surface area contributed by atoms with E-state index in [2.05, 4.69) is 25.4 Å². The highest BCUT2D eigenvalue weighted by Crippen LogP contribution is 2.20. The summed E-state index contributed by atoms with van der Waals surface area (Å²) in [5.41, 5.74) is 3.20. The topological polar surface area (TPSA) is 32.3 Å². The van der Waals surface area contributed by atoms with Gasteiger partial charge in [-0.05, 0) is 24.5 Å². The van der Waals surface area contributed by atoms with Crippen LogP contribution in [0.25, 0.3) is 0 Å². The van der Waals surface area contributed by atoms with Crippen molar-refractivity contribution in [1.82, 2.24) is 4.90 Å². The lowest BCUT2D eigenvalue weighted by Gasteiger charge is -2.19. The summed E-state index contributed by atoms with van der Waals surface area (Å²) in [6, 6.07) is 6.08. The van der Waals surface area contributed by atoms with Gasteiger partial charge >= 0.3 is 0 Å². The first-order valence-corrected chi connectivity index (χ1v) is 6.94. The summed E-state index contributed by atoms with van der Waals surface area (Å²) in [6.07, 6.45) is 4.49. The summed E-state index contributed by atoms with van der Waals surface area (Å²) < 4.78 is 0. The fourth-order valence-electron chi connectivity index (χ4n) is 2.15. The molecule has 0 bridgehead atoms. The molecular formula is C17H24N2O. The van der Waals surface area contributed by atoms with E-state index >= 15 is 0 Å². The minimum absolute atomic E-state index is 0.00213. The number of amides is 1. The van der Waals surface area contributed by atoms with Crippen molar-refractivity contribution in [3.8, 4) is 0 Å². The van der Waals surface area contributed by atoms with Crippen molar-refractivity contribution < 1.29 is 4.79 Å². The molecule has 0 spiro atoms. The summed E-state index contributed by atoms with van der Waals surface area (Å²) >= 11 is 0. The second kappa shape index (κ2) is 8.33. The number of nitrogens with zero attached hydrogens (tertiary/aromatic N) is 1. The maximum absolute atomic E-state index is 12.2. The minimum atomic E-state index is -0.00213. The monoisotopic (exact) mass is 272 g/mol. The van der Waals surface area contributed by atoms with Crippen LogP contribution >= 0.6 is 0 Å². The Balaban J connectivity index is 2.75. The molecule has 3 nitrogen and oxygen atoms in total. The molecule has 0 aliphatic heterocycles. The van der Waals surface area contributed by atoms with E-state index in [1.165, 1.54) is 0 Å². The molecule has 0 aliphatic carbocycles. The molecule has 0 saturated carbocycles. The fourth-order valence-corrected chi connectivity index (χ4v) is 2.15. The highest BCUT2D eigenvalue weighted by atomic mass is 16.2. The van der Waals surface area contributed by atoms with Crippen molar-refractivity contribution in [3.05, 3.63) is 54.6 Å². The molecule has 0 aromatic heterocycles. The minimum Gasteiger partial charge on any atom is -0.324 e. The van der Waals surface area contributed by atoms with Gasteiger partial charge in [-0.15, -0.1) is 13.2 Å². The van der Waals surface area contributed by atoms with Crippen molar-refractivity contribution >= 4 is 11.6 Å². The average Bonchev–Trinajstić information content (AvgIpc) is 2.41. The van der Waals surface area contributed by atoms with E-state index in [9.17, 15) is 4.79 Å². The zero-order chi connectivity index (χ0) is 15.0. The van der Waals surface area contributed by atoms with Crippen LogP contribution < -0.4 is 5.32 Å². The third-order valence-corrected chi connectivity index (χ3v) is 3.15. The van der Waals surface area contributed by atoms with Gasteiger partial charge in [0.25, 0.3) is 0 Å². The third-order valence-electron chi connectivity index (χ3n) is 3.15.